The van der Waals surface area contributed by atoms with Crippen molar-refractivity contribution in [2.45, 2.75) is 45.6 Å². The van der Waals surface area contributed by atoms with Crippen LogP contribution in [0.1, 0.15) is 56.7 Å². The number of nitrogens with zero attached hydrogens (tertiary/aromatic N) is 1. The fraction of sp³-hybridized carbons (Fsp3) is 0.667. The third kappa shape index (κ3) is 4.07. The zero-order valence-corrected chi connectivity index (χ0v) is 13.5. The van der Waals surface area contributed by atoms with Crippen LogP contribution in [0.5, 0.6) is 0 Å². The van der Waals surface area contributed by atoms with Crippen LogP contribution in [-0.4, -0.2) is 31.6 Å². The molecule has 0 aromatic heterocycles. The summed E-state index contributed by atoms with van der Waals surface area (Å²) in [4.78, 5) is 2.61. The van der Waals surface area contributed by atoms with Crippen molar-refractivity contribution in [3.63, 3.8) is 0 Å². The molecule has 0 radical (unpaired) electrons. The average Bonchev–Trinajstić information content (AvgIpc) is 2.47. The minimum Gasteiger partial charge on any atom is -0.312 e. The van der Waals surface area contributed by atoms with Crippen LogP contribution < -0.4 is 5.32 Å². The van der Waals surface area contributed by atoms with Gasteiger partial charge >= 0.3 is 0 Å². The summed E-state index contributed by atoms with van der Waals surface area (Å²) in [6, 6.07) is 9.60. The number of hydrogen-bond donors (Lipinski definition) is 1. The first-order chi connectivity index (χ1) is 9.60. The molecule has 1 saturated heterocycles. The summed E-state index contributed by atoms with van der Waals surface area (Å²) < 4.78 is 0. The second-order valence-electron chi connectivity index (χ2n) is 6.65. The van der Waals surface area contributed by atoms with Gasteiger partial charge in [0, 0.05) is 12.6 Å². The molecule has 1 aliphatic heterocycles. The van der Waals surface area contributed by atoms with Crippen molar-refractivity contribution in [1.82, 2.24) is 10.2 Å². The predicted molar refractivity (Wildman–Crippen MR) is 87.2 cm³/mol. The largest absolute Gasteiger partial charge is 0.312 e. The number of benzene rings is 1. The first-order valence-corrected chi connectivity index (χ1v) is 8.09. The molecule has 1 N–H and O–H groups in total. The summed E-state index contributed by atoms with van der Waals surface area (Å²) in [7, 11) is 2.08. The summed E-state index contributed by atoms with van der Waals surface area (Å²) in [6.45, 7) is 10.5. The van der Waals surface area contributed by atoms with Gasteiger partial charge in [0.15, 0.2) is 0 Å². The highest BCUT2D eigenvalue weighted by atomic mass is 15.1. The summed E-state index contributed by atoms with van der Waals surface area (Å²) >= 11 is 0. The molecule has 0 saturated carbocycles. The van der Waals surface area contributed by atoms with E-state index in [1.165, 1.54) is 37.1 Å². The third-order valence-corrected chi connectivity index (χ3v) is 4.67. The van der Waals surface area contributed by atoms with Crippen molar-refractivity contribution in [3.8, 4) is 0 Å². The number of nitrogens with one attached hydrogen (secondary N) is 1. The van der Waals surface area contributed by atoms with Crippen LogP contribution in [0, 0.1) is 5.92 Å². The maximum absolute atomic E-state index is 3.48. The maximum atomic E-state index is 3.48. The molecule has 1 atom stereocenters. The molecule has 0 aliphatic carbocycles. The molecule has 1 unspecified atom stereocenters. The Balaban J connectivity index is 1.97. The van der Waals surface area contributed by atoms with E-state index in [4.69, 9.17) is 0 Å². The number of hydrogen-bond acceptors (Lipinski definition) is 2. The molecule has 1 aromatic rings. The van der Waals surface area contributed by atoms with Gasteiger partial charge in [-0.05, 0) is 55.9 Å². The Morgan fingerprint density at radius 2 is 1.65 bits per heavy atom. The molecule has 112 valence electrons. The highest BCUT2D eigenvalue weighted by Crippen LogP contribution is 2.22. The summed E-state index contributed by atoms with van der Waals surface area (Å²) in [5.74, 6) is 1.52. The molecule has 1 aromatic carbocycles. The minimum atomic E-state index is 0.449. The van der Waals surface area contributed by atoms with Crippen molar-refractivity contribution < 1.29 is 0 Å². The predicted octanol–water partition coefficient (Wildman–Crippen LogP) is 3.80. The number of likely N-dealkylation sites (tertiary alicyclic amines) is 1. The van der Waals surface area contributed by atoms with Crippen LogP contribution in [0.4, 0.5) is 0 Å². The van der Waals surface area contributed by atoms with Crippen LogP contribution in [0.15, 0.2) is 24.3 Å². The lowest BCUT2D eigenvalue weighted by Crippen LogP contribution is -2.38. The zero-order valence-electron chi connectivity index (χ0n) is 13.5. The van der Waals surface area contributed by atoms with E-state index in [0.717, 1.165) is 12.5 Å². The van der Waals surface area contributed by atoms with E-state index in [2.05, 4.69) is 62.3 Å². The first-order valence-electron chi connectivity index (χ1n) is 8.09. The fourth-order valence-corrected chi connectivity index (χ4v) is 2.98. The molecule has 1 heterocycles. The Morgan fingerprint density at radius 1 is 1.10 bits per heavy atom. The fourth-order valence-electron chi connectivity index (χ4n) is 2.98. The van der Waals surface area contributed by atoms with E-state index in [-0.39, 0.29) is 0 Å². The van der Waals surface area contributed by atoms with Gasteiger partial charge in [-0.15, -0.1) is 0 Å². The number of piperidine rings is 1. The summed E-state index contributed by atoms with van der Waals surface area (Å²) in [5, 5.41) is 3.48. The summed E-state index contributed by atoms with van der Waals surface area (Å²) in [5.41, 5.74) is 2.84. The molecule has 0 spiro atoms. The van der Waals surface area contributed by atoms with Gasteiger partial charge in [-0.1, -0.05) is 45.0 Å². The smallest absolute Gasteiger partial charge is 0.0446 e. The zero-order chi connectivity index (χ0) is 14.5. The van der Waals surface area contributed by atoms with E-state index in [0.29, 0.717) is 12.0 Å². The van der Waals surface area contributed by atoms with Gasteiger partial charge in [-0.3, -0.25) is 0 Å². The molecular weight excluding hydrogens is 244 g/mol. The van der Waals surface area contributed by atoms with Crippen molar-refractivity contribution >= 4 is 0 Å². The molecule has 20 heavy (non-hydrogen) atoms. The third-order valence-electron chi connectivity index (χ3n) is 4.67. The molecule has 0 bridgehead atoms. The highest BCUT2D eigenvalue weighted by molar-refractivity contribution is 5.27. The lowest BCUT2D eigenvalue weighted by molar-refractivity contribution is 0.177. The molecule has 0 amide bonds. The monoisotopic (exact) mass is 274 g/mol. The second kappa shape index (κ2) is 7.24. The van der Waals surface area contributed by atoms with Crippen molar-refractivity contribution in [2.75, 3.05) is 26.7 Å². The lowest BCUT2D eigenvalue weighted by Gasteiger charge is -2.33. The average molecular weight is 274 g/mol. The van der Waals surface area contributed by atoms with E-state index in [1.54, 1.807) is 0 Å². The van der Waals surface area contributed by atoms with Gasteiger partial charge in [-0.2, -0.15) is 0 Å². The van der Waals surface area contributed by atoms with Gasteiger partial charge < -0.3 is 10.2 Å². The first kappa shape index (κ1) is 15.5. The Morgan fingerprint density at radius 3 is 2.15 bits per heavy atom. The molecule has 1 aliphatic rings. The Labute approximate surface area is 124 Å². The van der Waals surface area contributed by atoms with Gasteiger partial charge in [0.2, 0.25) is 0 Å². The quantitative estimate of drug-likeness (QED) is 0.878. The van der Waals surface area contributed by atoms with Gasteiger partial charge in [-0.25, -0.2) is 0 Å². The van der Waals surface area contributed by atoms with Gasteiger partial charge in [0.05, 0.1) is 0 Å². The molecule has 1 fully saturated rings. The van der Waals surface area contributed by atoms with Crippen LogP contribution in [0.25, 0.3) is 0 Å². The normalized spacial score (nSPS) is 19.4. The van der Waals surface area contributed by atoms with Gasteiger partial charge in [0.25, 0.3) is 0 Å². The highest BCUT2D eigenvalue weighted by Gasteiger charge is 2.19. The van der Waals surface area contributed by atoms with Crippen LogP contribution >= 0.6 is 0 Å². The number of likely N-dealkylation sites (N-methyl/N-ethyl adjacent to an activating group) is 1. The minimum absolute atomic E-state index is 0.449. The van der Waals surface area contributed by atoms with Crippen molar-refractivity contribution in [3.05, 3.63) is 35.4 Å². The Bertz CT molecular complexity index is 388. The topological polar surface area (TPSA) is 15.3 Å². The maximum Gasteiger partial charge on any atom is 0.0446 e. The SMILES string of the molecule is CNC(CN1CCC(C)CC1)c1ccc(C(C)C)cc1. The van der Waals surface area contributed by atoms with Gasteiger partial charge in [0.1, 0.15) is 0 Å². The number of rotatable bonds is 5. The van der Waals surface area contributed by atoms with E-state index in [1.807, 2.05) is 0 Å². The molecular formula is C18H30N2. The summed E-state index contributed by atoms with van der Waals surface area (Å²) in [6.07, 6.45) is 2.70. The lowest BCUT2D eigenvalue weighted by atomic mass is 9.96. The van der Waals surface area contributed by atoms with Crippen molar-refractivity contribution in [2.24, 2.45) is 5.92 Å². The Hall–Kier alpha value is -0.860. The van der Waals surface area contributed by atoms with Crippen LogP contribution in [-0.2, 0) is 0 Å². The van der Waals surface area contributed by atoms with Crippen LogP contribution in [0.2, 0.25) is 0 Å². The van der Waals surface area contributed by atoms with E-state index in [9.17, 15) is 0 Å². The molecule has 2 nitrogen and oxygen atoms in total. The molecule has 2 heteroatoms. The van der Waals surface area contributed by atoms with Crippen molar-refractivity contribution in [1.29, 1.82) is 0 Å². The van der Waals surface area contributed by atoms with E-state index >= 15 is 0 Å². The Kier molecular flexibility index (Phi) is 5.62. The van der Waals surface area contributed by atoms with E-state index < -0.39 is 0 Å². The molecule has 2 rings (SSSR count). The standard InChI is InChI=1S/C18H30N2/c1-14(2)16-5-7-17(8-6-16)18(19-4)13-20-11-9-15(3)10-12-20/h5-8,14-15,18-19H,9-13H2,1-4H3. The second-order valence-corrected chi connectivity index (χ2v) is 6.65. The van der Waals surface area contributed by atoms with Crippen LogP contribution in [0.3, 0.4) is 0 Å².